The lowest BCUT2D eigenvalue weighted by atomic mass is 9.94. The summed E-state index contributed by atoms with van der Waals surface area (Å²) in [5.74, 6) is 0.196. The summed E-state index contributed by atoms with van der Waals surface area (Å²) in [6, 6.07) is 5.93. The molecule has 1 heterocycles. The number of carbonyl (C=O) groups is 1. The Bertz CT molecular complexity index is 360. The van der Waals surface area contributed by atoms with Crippen molar-refractivity contribution >= 4 is 17.3 Å². The van der Waals surface area contributed by atoms with Crippen LogP contribution in [0.1, 0.15) is 12.5 Å². The molecule has 0 aliphatic carbocycles. The first-order chi connectivity index (χ1) is 6.16. The van der Waals surface area contributed by atoms with E-state index in [1.807, 2.05) is 25.1 Å². The van der Waals surface area contributed by atoms with E-state index in [2.05, 4.69) is 11.1 Å². The van der Waals surface area contributed by atoms with Gasteiger partial charge in [0.05, 0.1) is 0 Å². The molecule has 0 bridgehead atoms. The number of carbonyl (C=O) groups excluding carboxylic acids is 1. The number of benzene rings is 1. The summed E-state index contributed by atoms with van der Waals surface area (Å²) in [6.07, 6.45) is 0.835. The van der Waals surface area contributed by atoms with Crippen LogP contribution < -0.4 is 11.1 Å². The van der Waals surface area contributed by atoms with E-state index in [0.717, 1.165) is 17.8 Å². The maximum Gasteiger partial charge on any atom is 0.227 e. The molecule has 0 aromatic heterocycles. The number of quaternary nitrogens is 1. The summed E-state index contributed by atoms with van der Waals surface area (Å²) in [6.45, 7) is 1.94. The van der Waals surface area contributed by atoms with E-state index < -0.39 is 0 Å². The molecule has 0 fully saturated rings. The average molecular weight is 177 g/mol. The number of rotatable bonds is 0. The Balaban J connectivity index is 2.42. The predicted molar refractivity (Wildman–Crippen MR) is 50.5 cm³/mol. The molecule has 1 aliphatic heterocycles. The highest BCUT2D eigenvalue weighted by molar-refractivity contribution is 5.95. The highest BCUT2D eigenvalue weighted by Crippen LogP contribution is 2.26. The fourth-order valence-corrected chi connectivity index (χ4v) is 1.60. The third kappa shape index (κ3) is 1.42. The van der Waals surface area contributed by atoms with Crippen LogP contribution in [0.25, 0.3) is 0 Å². The van der Waals surface area contributed by atoms with Crippen LogP contribution >= 0.6 is 0 Å². The summed E-state index contributed by atoms with van der Waals surface area (Å²) >= 11 is 0. The summed E-state index contributed by atoms with van der Waals surface area (Å²) in [5, 5.41) is 2.87. The zero-order chi connectivity index (χ0) is 9.42. The second-order valence-corrected chi connectivity index (χ2v) is 3.59. The van der Waals surface area contributed by atoms with Crippen molar-refractivity contribution in [1.82, 2.24) is 0 Å². The van der Waals surface area contributed by atoms with Crippen LogP contribution in [0.5, 0.6) is 0 Å². The third-order valence-electron chi connectivity index (χ3n) is 2.41. The molecule has 0 saturated heterocycles. The molecule has 3 nitrogen and oxygen atoms in total. The third-order valence-corrected chi connectivity index (χ3v) is 2.41. The highest BCUT2D eigenvalue weighted by Gasteiger charge is 2.22. The van der Waals surface area contributed by atoms with Gasteiger partial charge in [-0.25, -0.2) is 0 Å². The van der Waals surface area contributed by atoms with Crippen LogP contribution in [0.4, 0.5) is 11.4 Å². The topological polar surface area (TPSA) is 56.7 Å². The minimum atomic E-state index is 0.0863. The van der Waals surface area contributed by atoms with Gasteiger partial charge in [0.25, 0.3) is 0 Å². The van der Waals surface area contributed by atoms with Gasteiger partial charge in [-0.15, -0.1) is 0 Å². The average Bonchev–Trinajstić information content (AvgIpc) is 2.08. The Labute approximate surface area is 76.9 Å². The van der Waals surface area contributed by atoms with Gasteiger partial charge in [0.15, 0.2) is 0 Å². The van der Waals surface area contributed by atoms with E-state index in [-0.39, 0.29) is 11.8 Å². The molecule has 68 valence electrons. The van der Waals surface area contributed by atoms with Crippen LogP contribution in [0, 0.1) is 5.92 Å². The van der Waals surface area contributed by atoms with Crippen molar-refractivity contribution in [2.24, 2.45) is 5.92 Å². The van der Waals surface area contributed by atoms with Gasteiger partial charge in [0.2, 0.25) is 5.91 Å². The number of nitrogens with one attached hydrogen (secondary N) is 1. The second-order valence-electron chi connectivity index (χ2n) is 3.59. The van der Waals surface area contributed by atoms with Crippen LogP contribution in [-0.2, 0) is 11.2 Å². The van der Waals surface area contributed by atoms with E-state index in [4.69, 9.17) is 0 Å². The first kappa shape index (κ1) is 8.26. The SMILES string of the molecule is CC1Cc2ccc([NH3+])cc2NC1=O. The molecular weight excluding hydrogens is 164 g/mol. The number of hydrogen-bond acceptors (Lipinski definition) is 1. The summed E-state index contributed by atoms with van der Waals surface area (Å²) in [5.41, 5.74) is 6.89. The van der Waals surface area contributed by atoms with Gasteiger partial charge in [-0.05, 0) is 18.1 Å². The lowest BCUT2D eigenvalue weighted by Crippen LogP contribution is -2.40. The summed E-state index contributed by atoms with van der Waals surface area (Å²) < 4.78 is 0. The van der Waals surface area contributed by atoms with Crippen LogP contribution in [0.2, 0.25) is 0 Å². The van der Waals surface area contributed by atoms with E-state index in [0.29, 0.717) is 0 Å². The Hall–Kier alpha value is -1.35. The molecule has 13 heavy (non-hydrogen) atoms. The first-order valence-corrected chi connectivity index (χ1v) is 4.42. The molecule has 1 aromatic rings. The Morgan fingerprint density at radius 3 is 3.08 bits per heavy atom. The second kappa shape index (κ2) is 2.85. The van der Waals surface area contributed by atoms with Gasteiger partial charge >= 0.3 is 0 Å². The summed E-state index contributed by atoms with van der Waals surface area (Å²) in [4.78, 5) is 11.3. The zero-order valence-corrected chi connectivity index (χ0v) is 7.63. The monoisotopic (exact) mass is 177 g/mol. The number of anilines is 1. The van der Waals surface area contributed by atoms with Gasteiger partial charge in [-0.3, -0.25) is 4.79 Å². The smallest absolute Gasteiger partial charge is 0.227 e. The van der Waals surface area contributed by atoms with Gasteiger partial charge in [0, 0.05) is 17.7 Å². The minimum Gasteiger partial charge on any atom is -0.325 e. The van der Waals surface area contributed by atoms with Crippen molar-refractivity contribution in [3.63, 3.8) is 0 Å². The van der Waals surface area contributed by atoms with Crippen molar-refractivity contribution < 1.29 is 10.5 Å². The van der Waals surface area contributed by atoms with Gasteiger partial charge in [-0.1, -0.05) is 13.0 Å². The summed E-state index contributed by atoms with van der Waals surface area (Å²) in [7, 11) is 0. The van der Waals surface area contributed by atoms with Crippen molar-refractivity contribution in [2.75, 3.05) is 5.32 Å². The van der Waals surface area contributed by atoms with E-state index in [1.165, 1.54) is 5.56 Å². The zero-order valence-electron chi connectivity index (χ0n) is 7.63. The molecular formula is C10H13N2O+. The highest BCUT2D eigenvalue weighted by atomic mass is 16.1. The fourth-order valence-electron chi connectivity index (χ4n) is 1.60. The molecule has 1 amide bonds. The van der Waals surface area contributed by atoms with Crippen LogP contribution in [-0.4, -0.2) is 5.91 Å². The Morgan fingerprint density at radius 2 is 2.31 bits per heavy atom. The molecule has 1 atom stereocenters. The number of amides is 1. The molecule has 1 aliphatic rings. The minimum absolute atomic E-state index is 0.0863. The largest absolute Gasteiger partial charge is 0.325 e. The number of hydrogen-bond donors (Lipinski definition) is 2. The molecule has 4 N–H and O–H groups in total. The van der Waals surface area contributed by atoms with Crippen molar-refractivity contribution in [2.45, 2.75) is 13.3 Å². The number of fused-ring (bicyclic) bond motifs is 1. The Kier molecular flexibility index (Phi) is 1.81. The lowest BCUT2D eigenvalue weighted by molar-refractivity contribution is -0.254. The fraction of sp³-hybridized carbons (Fsp3) is 0.300. The normalized spacial score (nSPS) is 20.8. The first-order valence-electron chi connectivity index (χ1n) is 4.42. The van der Waals surface area contributed by atoms with E-state index in [1.54, 1.807) is 0 Å². The van der Waals surface area contributed by atoms with Gasteiger partial charge in [-0.2, -0.15) is 0 Å². The lowest BCUT2D eigenvalue weighted by Gasteiger charge is -2.21. The quantitative estimate of drug-likeness (QED) is 0.602. The molecule has 3 heteroatoms. The standard InChI is InChI=1S/C10H12N2O/c1-6-4-7-2-3-8(11)5-9(7)12-10(6)13/h2-3,5-6H,4,11H2,1H3,(H,12,13)/p+1. The molecule has 0 spiro atoms. The van der Waals surface area contributed by atoms with E-state index >= 15 is 0 Å². The molecule has 1 unspecified atom stereocenters. The molecule has 0 saturated carbocycles. The van der Waals surface area contributed by atoms with Gasteiger partial charge in [0.1, 0.15) is 5.69 Å². The van der Waals surface area contributed by atoms with E-state index in [9.17, 15) is 4.79 Å². The Morgan fingerprint density at radius 1 is 1.54 bits per heavy atom. The molecule has 0 radical (unpaired) electrons. The van der Waals surface area contributed by atoms with Crippen LogP contribution in [0.3, 0.4) is 0 Å². The molecule has 1 aromatic carbocycles. The maximum absolute atomic E-state index is 11.3. The molecule has 2 rings (SSSR count). The van der Waals surface area contributed by atoms with Crippen molar-refractivity contribution in [3.8, 4) is 0 Å². The maximum atomic E-state index is 11.3. The predicted octanol–water partition coefficient (Wildman–Crippen LogP) is 0.691. The van der Waals surface area contributed by atoms with Crippen LogP contribution in [0.15, 0.2) is 18.2 Å². The van der Waals surface area contributed by atoms with Gasteiger partial charge < -0.3 is 11.1 Å². The van der Waals surface area contributed by atoms with Crippen molar-refractivity contribution in [1.29, 1.82) is 0 Å². The van der Waals surface area contributed by atoms with Crippen molar-refractivity contribution in [3.05, 3.63) is 23.8 Å².